The molecule has 15 heavy (non-hydrogen) atoms. The van der Waals surface area contributed by atoms with E-state index in [2.05, 4.69) is 17.2 Å². The average molecular weight is 208 g/mol. The first-order valence-corrected chi connectivity index (χ1v) is 5.64. The third kappa shape index (κ3) is 2.75. The highest BCUT2D eigenvalue weighted by Gasteiger charge is 2.31. The lowest BCUT2D eigenvalue weighted by Crippen LogP contribution is -2.33. The minimum Gasteiger partial charge on any atom is -0.314 e. The number of hydrogen-bond acceptors (Lipinski definition) is 2. The summed E-state index contributed by atoms with van der Waals surface area (Å²) in [5.74, 6) is 0.549. The van der Waals surface area contributed by atoms with Gasteiger partial charge in [0.25, 0.3) is 0 Å². The normalized spacial score (nSPS) is 17.7. The number of likely N-dealkylation sites (N-methyl/N-ethyl adjacent to an activating group) is 1. The third-order valence-electron chi connectivity index (χ3n) is 2.91. The van der Waals surface area contributed by atoms with Gasteiger partial charge < -0.3 is 5.32 Å². The largest absolute Gasteiger partial charge is 0.314 e. The Morgan fingerprint density at radius 1 is 1.60 bits per heavy atom. The van der Waals surface area contributed by atoms with E-state index in [0.29, 0.717) is 18.2 Å². The van der Waals surface area contributed by atoms with Crippen LogP contribution < -0.4 is 5.32 Å². The Morgan fingerprint density at radius 2 is 2.40 bits per heavy atom. The van der Waals surface area contributed by atoms with Crippen molar-refractivity contribution < 1.29 is 4.39 Å². The lowest BCUT2D eigenvalue weighted by atomic mass is 10.1. The minimum absolute atomic E-state index is 0.180. The Balaban J connectivity index is 2.02. The van der Waals surface area contributed by atoms with Gasteiger partial charge in [-0.3, -0.25) is 4.98 Å². The molecule has 0 bridgehead atoms. The molecule has 0 saturated heterocycles. The molecule has 1 unspecified atom stereocenters. The predicted molar refractivity (Wildman–Crippen MR) is 58.1 cm³/mol. The summed E-state index contributed by atoms with van der Waals surface area (Å²) in [6, 6.07) is 3.52. The van der Waals surface area contributed by atoms with Gasteiger partial charge in [-0.15, -0.1) is 0 Å². The maximum Gasteiger partial charge on any atom is 0.144 e. The van der Waals surface area contributed by atoms with Crippen LogP contribution in [0.15, 0.2) is 18.3 Å². The molecule has 1 aliphatic carbocycles. The molecule has 2 nitrogen and oxygen atoms in total. The van der Waals surface area contributed by atoms with Crippen LogP contribution in [0.25, 0.3) is 0 Å². The van der Waals surface area contributed by atoms with Crippen LogP contribution in [0.4, 0.5) is 4.39 Å². The Bertz CT molecular complexity index is 323. The summed E-state index contributed by atoms with van der Waals surface area (Å²) in [5, 5.41) is 3.41. The van der Waals surface area contributed by atoms with E-state index in [9.17, 15) is 4.39 Å². The maximum atomic E-state index is 13.4. The molecule has 82 valence electrons. The van der Waals surface area contributed by atoms with E-state index < -0.39 is 0 Å². The first-order chi connectivity index (χ1) is 7.31. The summed E-state index contributed by atoms with van der Waals surface area (Å²) < 4.78 is 13.4. The number of hydrogen-bond donors (Lipinski definition) is 1. The summed E-state index contributed by atoms with van der Waals surface area (Å²) in [6.07, 6.45) is 4.91. The van der Waals surface area contributed by atoms with Gasteiger partial charge in [0, 0.05) is 18.7 Å². The third-order valence-corrected chi connectivity index (χ3v) is 2.91. The molecule has 1 fully saturated rings. The molecule has 0 spiro atoms. The Labute approximate surface area is 89.9 Å². The number of pyridine rings is 1. The van der Waals surface area contributed by atoms with Crippen molar-refractivity contribution in [1.82, 2.24) is 10.3 Å². The van der Waals surface area contributed by atoms with E-state index in [4.69, 9.17) is 0 Å². The van der Waals surface area contributed by atoms with E-state index in [-0.39, 0.29) is 5.82 Å². The first kappa shape index (κ1) is 10.6. The van der Waals surface area contributed by atoms with Crippen molar-refractivity contribution in [3.8, 4) is 0 Å². The summed E-state index contributed by atoms with van der Waals surface area (Å²) in [4.78, 5) is 4.10. The monoisotopic (exact) mass is 208 g/mol. The molecular weight excluding hydrogens is 191 g/mol. The van der Waals surface area contributed by atoms with Gasteiger partial charge in [-0.1, -0.05) is 6.92 Å². The number of nitrogens with zero attached hydrogens (tertiary/aromatic N) is 1. The summed E-state index contributed by atoms with van der Waals surface area (Å²) in [6.45, 7) is 3.03. The number of rotatable bonds is 5. The highest BCUT2D eigenvalue weighted by atomic mass is 19.1. The fourth-order valence-corrected chi connectivity index (χ4v) is 1.94. The van der Waals surface area contributed by atoms with E-state index in [1.165, 1.54) is 18.9 Å². The molecule has 1 aliphatic rings. The molecular formula is C12H17FN2. The van der Waals surface area contributed by atoms with E-state index in [0.717, 1.165) is 12.5 Å². The highest BCUT2D eigenvalue weighted by Crippen LogP contribution is 2.34. The minimum atomic E-state index is -0.180. The van der Waals surface area contributed by atoms with Gasteiger partial charge in [-0.05, 0) is 37.4 Å². The molecule has 1 N–H and O–H groups in total. The van der Waals surface area contributed by atoms with Crippen LogP contribution in [-0.4, -0.2) is 17.6 Å². The molecule has 1 heterocycles. The lowest BCUT2D eigenvalue weighted by Gasteiger charge is -2.16. The van der Waals surface area contributed by atoms with Crippen molar-refractivity contribution in [2.45, 2.75) is 32.2 Å². The quantitative estimate of drug-likeness (QED) is 0.802. The summed E-state index contributed by atoms with van der Waals surface area (Å²) in [7, 11) is 0. The molecule has 2 rings (SSSR count). The van der Waals surface area contributed by atoms with Crippen molar-refractivity contribution in [3.63, 3.8) is 0 Å². The molecule has 1 aromatic heterocycles. The maximum absolute atomic E-state index is 13.4. The van der Waals surface area contributed by atoms with Crippen LogP contribution in [0, 0.1) is 11.7 Å². The van der Waals surface area contributed by atoms with Crippen LogP contribution in [0.1, 0.15) is 25.5 Å². The SMILES string of the molecule is CCNC(Cc1ncccc1F)C1CC1. The zero-order valence-corrected chi connectivity index (χ0v) is 9.04. The van der Waals surface area contributed by atoms with Crippen molar-refractivity contribution in [1.29, 1.82) is 0 Å². The molecule has 1 atom stereocenters. The number of aromatic nitrogens is 1. The summed E-state index contributed by atoms with van der Waals surface area (Å²) >= 11 is 0. The fraction of sp³-hybridized carbons (Fsp3) is 0.583. The predicted octanol–water partition coefficient (Wildman–Crippen LogP) is 2.15. The Kier molecular flexibility index (Phi) is 3.31. The van der Waals surface area contributed by atoms with Crippen LogP contribution in [0.3, 0.4) is 0 Å². The second-order valence-electron chi connectivity index (χ2n) is 4.14. The van der Waals surface area contributed by atoms with Gasteiger partial charge in [0.2, 0.25) is 0 Å². The van der Waals surface area contributed by atoms with Crippen molar-refractivity contribution in [3.05, 3.63) is 29.8 Å². The average Bonchev–Trinajstić information content (AvgIpc) is 3.04. The van der Waals surface area contributed by atoms with Gasteiger partial charge in [0.15, 0.2) is 0 Å². The topological polar surface area (TPSA) is 24.9 Å². The van der Waals surface area contributed by atoms with Crippen LogP contribution in [0.5, 0.6) is 0 Å². The van der Waals surface area contributed by atoms with Crippen LogP contribution in [0.2, 0.25) is 0 Å². The molecule has 0 radical (unpaired) electrons. The highest BCUT2D eigenvalue weighted by molar-refractivity contribution is 5.09. The zero-order valence-electron chi connectivity index (χ0n) is 9.04. The van der Waals surface area contributed by atoms with Gasteiger partial charge in [-0.2, -0.15) is 0 Å². The molecule has 1 aromatic rings. The van der Waals surface area contributed by atoms with Gasteiger partial charge in [0.1, 0.15) is 5.82 Å². The van der Waals surface area contributed by atoms with Crippen LogP contribution in [-0.2, 0) is 6.42 Å². The standard InChI is InChI=1S/C12H17FN2/c1-2-14-11(9-5-6-9)8-12-10(13)4-3-7-15-12/h3-4,7,9,11,14H,2,5-6,8H2,1H3. The van der Waals surface area contributed by atoms with E-state index >= 15 is 0 Å². The number of nitrogens with one attached hydrogen (secondary N) is 1. The van der Waals surface area contributed by atoms with Gasteiger partial charge in [-0.25, -0.2) is 4.39 Å². The molecule has 3 heteroatoms. The zero-order chi connectivity index (χ0) is 10.7. The van der Waals surface area contributed by atoms with Gasteiger partial charge in [0.05, 0.1) is 5.69 Å². The molecule has 1 saturated carbocycles. The molecule has 0 aliphatic heterocycles. The van der Waals surface area contributed by atoms with E-state index in [1.54, 1.807) is 12.3 Å². The van der Waals surface area contributed by atoms with Gasteiger partial charge >= 0.3 is 0 Å². The Hall–Kier alpha value is -0.960. The van der Waals surface area contributed by atoms with Crippen molar-refractivity contribution in [2.24, 2.45) is 5.92 Å². The molecule has 0 amide bonds. The lowest BCUT2D eigenvalue weighted by molar-refractivity contribution is 0.457. The summed E-state index contributed by atoms with van der Waals surface area (Å²) in [5.41, 5.74) is 0.593. The Morgan fingerprint density at radius 3 is 3.00 bits per heavy atom. The van der Waals surface area contributed by atoms with E-state index in [1.807, 2.05) is 0 Å². The van der Waals surface area contributed by atoms with Crippen LogP contribution >= 0.6 is 0 Å². The van der Waals surface area contributed by atoms with Crippen molar-refractivity contribution in [2.75, 3.05) is 6.54 Å². The number of halogens is 1. The second kappa shape index (κ2) is 4.71. The van der Waals surface area contributed by atoms with Crippen molar-refractivity contribution >= 4 is 0 Å². The smallest absolute Gasteiger partial charge is 0.144 e. The second-order valence-corrected chi connectivity index (χ2v) is 4.14. The fourth-order valence-electron chi connectivity index (χ4n) is 1.94. The first-order valence-electron chi connectivity index (χ1n) is 5.64. The molecule has 0 aromatic carbocycles.